The number of piperazine rings is 1. The quantitative estimate of drug-likeness (QED) is 0.328. The summed E-state index contributed by atoms with van der Waals surface area (Å²) in [5.41, 5.74) is 0.139. The topological polar surface area (TPSA) is 102 Å². The van der Waals surface area contributed by atoms with Crippen LogP contribution in [0.25, 0.3) is 0 Å². The van der Waals surface area contributed by atoms with Crippen LogP contribution < -0.4 is 10.2 Å². The summed E-state index contributed by atoms with van der Waals surface area (Å²) in [6, 6.07) is 0.317. The molecular formula is C23H37FN6O3. The second-order valence-corrected chi connectivity index (χ2v) is 9.54. The number of hydroxylamine groups is 2. The van der Waals surface area contributed by atoms with Crippen LogP contribution in [0.5, 0.6) is 0 Å². The van der Waals surface area contributed by atoms with Gasteiger partial charge in [0.25, 0.3) is 0 Å². The molecule has 0 aromatic carbocycles. The van der Waals surface area contributed by atoms with Crippen molar-refractivity contribution in [1.29, 1.82) is 0 Å². The Labute approximate surface area is 195 Å². The highest BCUT2D eigenvalue weighted by Crippen LogP contribution is 2.31. The van der Waals surface area contributed by atoms with Crippen LogP contribution in [0.1, 0.15) is 57.5 Å². The second-order valence-electron chi connectivity index (χ2n) is 9.54. The van der Waals surface area contributed by atoms with E-state index in [-0.39, 0.29) is 42.6 Å². The van der Waals surface area contributed by atoms with Gasteiger partial charge in [-0.25, -0.2) is 19.4 Å². The van der Waals surface area contributed by atoms with E-state index in [4.69, 9.17) is 0 Å². The molecule has 1 saturated heterocycles. The van der Waals surface area contributed by atoms with Crippen LogP contribution in [0.2, 0.25) is 0 Å². The molecular weight excluding hydrogens is 427 g/mol. The summed E-state index contributed by atoms with van der Waals surface area (Å²) in [6.45, 7) is 7.18. The number of hydrogen-bond donors (Lipinski definition) is 2. The van der Waals surface area contributed by atoms with Crippen molar-refractivity contribution >= 4 is 18.1 Å². The van der Waals surface area contributed by atoms with Gasteiger partial charge in [-0.05, 0) is 40.2 Å². The summed E-state index contributed by atoms with van der Waals surface area (Å²) in [5, 5.41) is 12.9. The number of nitrogens with zero attached hydrogens (tertiary/aromatic N) is 5. The summed E-state index contributed by atoms with van der Waals surface area (Å²) in [5.74, 6) is -0.294. The summed E-state index contributed by atoms with van der Waals surface area (Å²) in [6.07, 6.45) is 5.24. The van der Waals surface area contributed by atoms with Crippen LogP contribution in [0.15, 0.2) is 0 Å². The SMILES string of the molecule is Cc1nc(CNC(=O)[C@H](CC2CCCC2)CN(O)C=O)c(F)c(N2CCN(C)[C@@H](C)[C@H]2C)n1. The maximum atomic E-state index is 15.5. The molecule has 2 amide bonds. The predicted octanol–water partition coefficient (Wildman–Crippen LogP) is 2.11. The van der Waals surface area contributed by atoms with Crippen molar-refractivity contribution in [1.82, 2.24) is 25.2 Å². The summed E-state index contributed by atoms with van der Waals surface area (Å²) >= 11 is 0. The van der Waals surface area contributed by atoms with Gasteiger partial charge >= 0.3 is 0 Å². The van der Waals surface area contributed by atoms with Gasteiger partial charge in [-0.2, -0.15) is 0 Å². The number of hydrogen-bond acceptors (Lipinski definition) is 7. The van der Waals surface area contributed by atoms with Crippen LogP contribution in [-0.2, 0) is 16.1 Å². The summed E-state index contributed by atoms with van der Waals surface area (Å²) < 4.78 is 15.5. The molecule has 2 heterocycles. The molecule has 2 fully saturated rings. The first-order valence-corrected chi connectivity index (χ1v) is 11.9. The number of carbonyl (C=O) groups is 2. The third kappa shape index (κ3) is 6.17. The highest BCUT2D eigenvalue weighted by molar-refractivity contribution is 5.79. The molecule has 0 radical (unpaired) electrons. The molecule has 1 aromatic rings. The standard InChI is InChI=1S/C23H37FN6O3/c1-15-16(2)30(10-9-28(15)4)22-21(24)20(26-17(3)27-22)12-25-23(32)19(13-29(33)14-31)11-18-7-5-6-8-18/h14-16,18-19,33H,5-13H2,1-4H3,(H,25,32)/t15-,16+,19+/m0/s1. The van der Waals surface area contributed by atoms with Gasteiger partial charge in [0, 0.05) is 25.2 Å². The first-order valence-electron chi connectivity index (χ1n) is 11.9. The maximum Gasteiger partial charge on any atom is 0.233 e. The first-order chi connectivity index (χ1) is 15.7. The lowest BCUT2D eigenvalue weighted by atomic mass is 9.92. The van der Waals surface area contributed by atoms with E-state index >= 15 is 4.39 Å². The molecule has 9 nitrogen and oxygen atoms in total. The number of carbonyl (C=O) groups excluding carboxylic acids is 2. The highest BCUT2D eigenvalue weighted by atomic mass is 19.1. The third-order valence-corrected chi connectivity index (χ3v) is 7.29. The van der Waals surface area contributed by atoms with E-state index in [1.807, 2.05) is 4.90 Å². The minimum Gasteiger partial charge on any atom is -0.350 e. The third-order valence-electron chi connectivity index (χ3n) is 7.29. The van der Waals surface area contributed by atoms with Gasteiger partial charge in [-0.1, -0.05) is 25.7 Å². The number of likely N-dealkylation sites (N-methyl/N-ethyl adjacent to an activating group) is 1. The number of aromatic nitrogens is 2. The zero-order valence-corrected chi connectivity index (χ0v) is 20.1. The molecule has 0 spiro atoms. The fourth-order valence-corrected chi connectivity index (χ4v) is 5.01. The second kappa shape index (κ2) is 11.2. The van der Waals surface area contributed by atoms with E-state index in [0.717, 1.165) is 32.2 Å². The molecule has 1 aromatic heterocycles. The zero-order chi connectivity index (χ0) is 24.1. The maximum absolute atomic E-state index is 15.5. The van der Waals surface area contributed by atoms with Gasteiger partial charge < -0.3 is 10.2 Å². The van der Waals surface area contributed by atoms with Crippen LogP contribution in [0, 0.1) is 24.6 Å². The van der Waals surface area contributed by atoms with E-state index in [2.05, 4.69) is 41.1 Å². The van der Waals surface area contributed by atoms with E-state index in [9.17, 15) is 14.8 Å². The summed E-state index contributed by atoms with van der Waals surface area (Å²) in [7, 11) is 2.06. The molecule has 2 N–H and O–H groups in total. The normalized spacial score (nSPS) is 22.9. The van der Waals surface area contributed by atoms with Crippen molar-refractivity contribution in [2.24, 2.45) is 11.8 Å². The molecule has 3 atom stereocenters. The van der Waals surface area contributed by atoms with Gasteiger partial charge in [0.2, 0.25) is 12.3 Å². The Kier molecular flexibility index (Phi) is 8.58. The fourth-order valence-electron chi connectivity index (χ4n) is 5.01. The van der Waals surface area contributed by atoms with E-state index in [1.54, 1.807) is 6.92 Å². The van der Waals surface area contributed by atoms with Crippen LogP contribution in [0.3, 0.4) is 0 Å². The predicted molar refractivity (Wildman–Crippen MR) is 122 cm³/mol. The van der Waals surface area contributed by atoms with Gasteiger partial charge in [0.1, 0.15) is 11.5 Å². The average Bonchev–Trinajstić information content (AvgIpc) is 3.30. The van der Waals surface area contributed by atoms with Gasteiger partial charge in [0.05, 0.1) is 19.0 Å². The first kappa shape index (κ1) is 25.3. The lowest BCUT2D eigenvalue weighted by Crippen LogP contribution is -2.56. The molecule has 184 valence electrons. The van der Waals surface area contributed by atoms with Gasteiger partial charge in [0.15, 0.2) is 11.6 Å². The Morgan fingerprint density at radius 2 is 1.97 bits per heavy atom. The van der Waals surface area contributed by atoms with Gasteiger partial charge in [-0.3, -0.25) is 19.7 Å². The van der Waals surface area contributed by atoms with Crippen LogP contribution in [0.4, 0.5) is 10.2 Å². The molecule has 10 heteroatoms. The van der Waals surface area contributed by atoms with Crippen molar-refractivity contribution in [3.8, 4) is 0 Å². The Hall–Kier alpha value is -2.33. The number of rotatable bonds is 9. The van der Waals surface area contributed by atoms with Crippen molar-refractivity contribution in [2.75, 3.05) is 31.6 Å². The molecule has 1 aliphatic heterocycles. The van der Waals surface area contributed by atoms with Crippen molar-refractivity contribution in [2.45, 2.75) is 71.5 Å². The fraction of sp³-hybridized carbons (Fsp3) is 0.739. The minimum absolute atomic E-state index is 0.0738. The molecule has 0 unspecified atom stereocenters. The number of amides is 2. The van der Waals surface area contributed by atoms with Crippen molar-refractivity contribution < 1.29 is 19.2 Å². The number of anilines is 1. The Morgan fingerprint density at radius 3 is 2.64 bits per heavy atom. The lowest BCUT2D eigenvalue weighted by Gasteiger charge is -2.44. The molecule has 1 saturated carbocycles. The van der Waals surface area contributed by atoms with Crippen molar-refractivity contribution in [3.63, 3.8) is 0 Å². The highest BCUT2D eigenvalue weighted by Gasteiger charge is 2.32. The Bertz CT molecular complexity index is 835. The average molecular weight is 465 g/mol. The minimum atomic E-state index is -0.563. The molecule has 2 aliphatic rings. The van der Waals surface area contributed by atoms with Crippen LogP contribution in [-0.4, -0.2) is 76.2 Å². The molecule has 1 aliphatic carbocycles. The smallest absolute Gasteiger partial charge is 0.233 e. The van der Waals surface area contributed by atoms with Gasteiger partial charge in [-0.15, -0.1) is 0 Å². The Balaban J connectivity index is 1.72. The van der Waals surface area contributed by atoms with E-state index in [1.165, 1.54) is 0 Å². The monoisotopic (exact) mass is 464 g/mol. The lowest BCUT2D eigenvalue weighted by molar-refractivity contribution is -0.155. The zero-order valence-electron chi connectivity index (χ0n) is 20.1. The number of aryl methyl sites for hydroxylation is 1. The van der Waals surface area contributed by atoms with Crippen molar-refractivity contribution in [3.05, 3.63) is 17.3 Å². The summed E-state index contributed by atoms with van der Waals surface area (Å²) in [4.78, 5) is 36.6. The molecule has 33 heavy (non-hydrogen) atoms. The number of nitrogens with one attached hydrogen (secondary N) is 1. The van der Waals surface area contributed by atoms with E-state index < -0.39 is 11.7 Å². The van der Waals surface area contributed by atoms with E-state index in [0.29, 0.717) is 36.2 Å². The molecule has 3 rings (SSSR count). The van der Waals surface area contributed by atoms with Crippen LogP contribution >= 0.6 is 0 Å². The molecule has 0 bridgehead atoms. The number of halogens is 1. The Morgan fingerprint density at radius 1 is 1.27 bits per heavy atom. The largest absolute Gasteiger partial charge is 0.350 e.